The first-order valence-electron chi connectivity index (χ1n) is 7.57. The van der Waals surface area contributed by atoms with Crippen LogP contribution in [0, 0.1) is 0 Å². The molecule has 0 aliphatic carbocycles. The first-order valence-corrected chi connectivity index (χ1v) is 7.57. The predicted molar refractivity (Wildman–Crippen MR) is 81.6 cm³/mol. The molecule has 22 heavy (non-hydrogen) atoms. The van der Waals surface area contributed by atoms with Crippen LogP contribution in [-0.2, 0) is 4.79 Å². The van der Waals surface area contributed by atoms with Gasteiger partial charge in [0, 0.05) is 45.2 Å². The van der Waals surface area contributed by atoms with Crippen LogP contribution >= 0.6 is 0 Å². The zero-order valence-electron chi connectivity index (χ0n) is 13.7. The van der Waals surface area contributed by atoms with Crippen LogP contribution in [0.1, 0.15) is 36.0 Å². The van der Waals surface area contributed by atoms with E-state index in [1.807, 2.05) is 20.9 Å². The van der Waals surface area contributed by atoms with Gasteiger partial charge in [0.15, 0.2) is 5.69 Å². The summed E-state index contributed by atoms with van der Waals surface area (Å²) >= 11 is 0. The monoisotopic (exact) mass is 308 g/mol. The Labute approximate surface area is 130 Å². The lowest BCUT2D eigenvalue weighted by Gasteiger charge is -2.33. The van der Waals surface area contributed by atoms with E-state index in [4.69, 9.17) is 4.52 Å². The van der Waals surface area contributed by atoms with Crippen LogP contribution in [-0.4, -0.2) is 78.5 Å². The highest BCUT2D eigenvalue weighted by atomic mass is 16.5. The Bertz CT molecular complexity index is 533. The summed E-state index contributed by atoms with van der Waals surface area (Å²) in [4.78, 5) is 29.9. The maximum absolute atomic E-state index is 12.3. The van der Waals surface area contributed by atoms with Crippen molar-refractivity contribution in [3.8, 4) is 0 Å². The average Bonchev–Trinajstić information content (AvgIpc) is 2.97. The summed E-state index contributed by atoms with van der Waals surface area (Å²) in [5.41, 5.74) is 0.248. The molecule has 1 aliphatic heterocycles. The van der Waals surface area contributed by atoms with Gasteiger partial charge in [-0.05, 0) is 7.05 Å². The second-order valence-electron chi connectivity index (χ2n) is 6.11. The van der Waals surface area contributed by atoms with Crippen molar-refractivity contribution >= 4 is 11.8 Å². The Hall–Kier alpha value is -1.89. The van der Waals surface area contributed by atoms with Crippen LogP contribution in [0.2, 0.25) is 0 Å². The first-order chi connectivity index (χ1) is 10.4. The second-order valence-corrected chi connectivity index (χ2v) is 6.11. The third-order valence-electron chi connectivity index (χ3n) is 3.89. The summed E-state index contributed by atoms with van der Waals surface area (Å²) in [6.45, 7) is 7.14. The number of piperazine rings is 1. The van der Waals surface area contributed by atoms with E-state index >= 15 is 0 Å². The van der Waals surface area contributed by atoms with Crippen LogP contribution in [0.3, 0.4) is 0 Å². The van der Waals surface area contributed by atoms with Crippen LogP contribution < -0.4 is 0 Å². The zero-order chi connectivity index (χ0) is 16.3. The van der Waals surface area contributed by atoms with Crippen molar-refractivity contribution in [3.63, 3.8) is 0 Å². The number of carbonyl (C=O) groups is 2. The summed E-state index contributed by atoms with van der Waals surface area (Å²) in [6.07, 6.45) is 0. The normalized spacial score (nSPS) is 16.1. The molecule has 0 aromatic carbocycles. The lowest BCUT2D eigenvalue weighted by Crippen LogP contribution is -2.50. The van der Waals surface area contributed by atoms with Crippen LogP contribution in [0.4, 0.5) is 0 Å². The lowest BCUT2D eigenvalue weighted by atomic mass is 10.1. The van der Waals surface area contributed by atoms with E-state index in [9.17, 15) is 9.59 Å². The summed E-state index contributed by atoms with van der Waals surface area (Å²) in [6, 6.07) is 1.64. The van der Waals surface area contributed by atoms with E-state index in [2.05, 4.69) is 10.1 Å². The minimum Gasteiger partial charge on any atom is -0.360 e. The number of carbonyl (C=O) groups excluding carboxylic acids is 2. The van der Waals surface area contributed by atoms with Crippen molar-refractivity contribution in [1.82, 2.24) is 19.9 Å². The second kappa shape index (κ2) is 6.91. The fraction of sp³-hybridized carbons (Fsp3) is 0.667. The molecule has 1 saturated heterocycles. The van der Waals surface area contributed by atoms with Gasteiger partial charge in [0.05, 0.1) is 6.54 Å². The molecule has 122 valence electrons. The molecule has 0 atom stereocenters. The highest BCUT2D eigenvalue weighted by molar-refractivity contribution is 5.94. The fourth-order valence-corrected chi connectivity index (χ4v) is 2.29. The van der Waals surface area contributed by atoms with E-state index in [-0.39, 0.29) is 30.0 Å². The molecule has 0 unspecified atom stereocenters. The van der Waals surface area contributed by atoms with Crippen molar-refractivity contribution in [2.75, 3.05) is 46.8 Å². The van der Waals surface area contributed by atoms with Crippen molar-refractivity contribution in [1.29, 1.82) is 0 Å². The van der Waals surface area contributed by atoms with Gasteiger partial charge < -0.3 is 19.2 Å². The average molecular weight is 308 g/mol. The van der Waals surface area contributed by atoms with E-state index < -0.39 is 0 Å². The lowest BCUT2D eigenvalue weighted by molar-refractivity contribution is -0.133. The molecular weight excluding hydrogens is 284 g/mol. The van der Waals surface area contributed by atoms with Gasteiger partial charge in [0.1, 0.15) is 5.76 Å². The number of amides is 2. The molecule has 7 nitrogen and oxygen atoms in total. The Morgan fingerprint density at radius 1 is 1.32 bits per heavy atom. The van der Waals surface area contributed by atoms with Crippen LogP contribution in [0.25, 0.3) is 0 Å². The maximum Gasteiger partial charge on any atom is 0.276 e. The van der Waals surface area contributed by atoms with E-state index in [0.29, 0.717) is 18.8 Å². The Kier molecular flexibility index (Phi) is 5.18. The van der Waals surface area contributed by atoms with E-state index in [1.54, 1.807) is 18.0 Å². The van der Waals surface area contributed by atoms with Gasteiger partial charge in [-0.1, -0.05) is 19.0 Å². The Morgan fingerprint density at radius 3 is 2.50 bits per heavy atom. The molecule has 1 aromatic heterocycles. The Morgan fingerprint density at radius 2 is 1.95 bits per heavy atom. The molecule has 0 N–H and O–H groups in total. The van der Waals surface area contributed by atoms with E-state index in [0.717, 1.165) is 13.1 Å². The predicted octanol–water partition coefficient (Wildman–Crippen LogP) is 0.644. The molecule has 0 spiro atoms. The summed E-state index contributed by atoms with van der Waals surface area (Å²) in [7, 11) is 3.65. The maximum atomic E-state index is 12.3. The third kappa shape index (κ3) is 3.85. The fourth-order valence-electron chi connectivity index (χ4n) is 2.29. The molecule has 2 rings (SSSR count). The highest BCUT2D eigenvalue weighted by Crippen LogP contribution is 2.16. The van der Waals surface area contributed by atoms with Crippen LogP contribution in [0.5, 0.6) is 0 Å². The number of aromatic nitrogens is 1. The minimum absolute atomic E-state index is 0.0310. The number of hydrogen-bond acceptors (Lipinski definition) is 5. The summed E-state index contributed by atoms with van der Waals surface area (Å²) in [5.74, 6) is 0.517. The number of rotatable bonds is 4. The zero-order valence-corrected chi connectivity index (χ0v) is 13.7. The van der Waals surface area contributed by atoms with Gasteiger partial charge in [-0.25, -0.2) is 0 Å². The minimum atomic E-state index is -0.293. The standard InChI is InChI=1S/C15H24N4O3/c1-11(2)13-9-12(16-22-13)15(21)18(4)10-14(20)19-7-5-17(3)6-8-19/h9,11H,5-8,10H2,1-4H3. The van der Waals surface area contributed by atoms with Gasteiger partial charge in [0.25, 0.3) is 5.91 Å². The van der Waals surface area contributed by atoms with Gasteiger partial charge in [0.2, 0.25) is 5.91 Å². The van der Waals surface area contributed by atoms with Crippen molar-refractivity contribution < 1.29 is 14.1 Å². The number of likely N-dealkylation sites (N-methyl/N-ethyl adjacent to an activating group) is 2. The van der Waals surface area contributed by atoms with Crippen molar-refractivity contribution in [2.24, 2.45) is 0 Å². The van der Waals surface area contributed by atoms with E-state index in [1.165, 1.54) is 4.90 Å². The molecule has 0 radical (unpaired) electrons. The first kappa shape index (κ1) is 16.5. The van der Waals surface area contributed by atoms with Crippen molar-refractivity contribution in [3.05, 3.63) is 17.5 Å². The summed E-state index contributed by atoms with van der Waals surface area (Å²) < 4.78 is 5.13. The van der Waals surface area contributed by atoms with Gasteiger partial charge in [-0.2, -0.15) is 0 Å². The summed E-state index contributed by atoms with van der Waals surface area (Å²) in [5, 5.41) is 3.79. The third-order valence-corrected chi connectivity index (χ3v) is 3.89. The SMILES string of the molecule is CC(C)c1cc(C(=O)N(C)CC(=O)N2CCN(C)CC2)no1. The smallest absolute Gasteiger partial charge is 0.276 e. The molecule has 2 heterocycles. The molecular formula is C15H24N4O3. The van der Waals surface area contributed by atoms with Gasteiger partial charge in [-0.3, -0.25) is 9.59 Å². The number of hydrogen-bond donors (Lipinski definition) is 0. The molecule has 7 heteroatoms. The topological polar surface area (TPSA) is 69.9 Å². The largest absolute Gasteiger partial charge is 0.360 e. The molecule has 0 bridgehead atoms. The molecule has 0 saturated carbocycles. The molecule has 1 aliphatic rings. The molecule has 1 fully saturated rings. The van der Waals surface area contributed by atoms with Gasteiger partial charge in [-0.15, -0.1) is 0 Å². The molecule has 2 amide bonds. The quantitative estimate of drug-likeness (QED) is 0.816. The van der Waals surface area contributed by atoms with Crippen molar-refractivity contribution in [2.45, 2.75) is 19.8 Å². The highest BCUT2D eigenvalue weighted by Gasteiger charge is 2.24. The molecule has 1 aromatic rings. The Balaban J connectivity index is 1.91. The number of nitrogens with zero attached hydrogens (tertiary/aromatic N) is 4. The van der Waals surface area contributed by atoms with Crippen LogP contribution in [0.15, 0.2) is 10.6 Å². The van der Waals surface area contributed by atoms with Gasteiger partial charge >= 0.3 is 0 Å².